The first kappa shape index (κ1) is 11.9. The van der Waals surface area contributed by atoms with Crippen molar-refractivity contribution in [1.82, 2.24) is 15.4 Å². The van der Waals surface area contributed by atoms with Gasteiger partial charge in [0.1, 0.15) is 0 Å². The number of amides is 2. The van der Waals surface area contributed by atoms with Crippen LogP contribution in [0.1, 0.15) is 12.8 Å². The standard InChI is InChI=1S/C14H16N4O/c19-14(17-18-7-3-4-8-18)16-12-9-11-5-1-2-6-13(11)15-10-12/h1-2,5-6,9-10H,3-4,7-8H2,(H2,16,17,19). The third kappa shape index (κ3) is 2.82. The summed E-state index contributed by atoms with van der Waals surface area (Å²) in [5, 5.41) is 5.76. The van der Waals surface area contributed by atoms with Crippen LogP contribution in [0, 0.1) is 0 Å². The van der Waals surface area contributed by atoms with Crippen LogP contribution in [0.4, 0.5) is 10.5 Å². The van der Waals surface area contributed by atoms with E-state index in [0.717, 1.165) is 36.8 Å². The number of para-hydroxylation sites is 1. The van der Waals surface area contributed by atoms with E-state index in [1.807, 2.05) is 35.3 Å². The summed E-state index contributed by atoms with van der Waals surface area (Å²) in [5.74, 6) is 0. The van der Waals surface area contributed by atoms with Crippen LogP contribution in [-0.2, 0) is 0 Å². The quantitative estimate of drug-likeness (QED) is 0.867. The Hall–Kier alpha value is -2.14. The van der Waals surface area contributed by atoms with E-state index in [-0.39, 0.29) is 6.03 Å². The lowest BCUT2D eigenvalue weighted by Crippen LogP contribution is -2.42. The number of pyridine rings is 1. The topological polar surface area (TPSA) is 57.3 Å². The molecule has 2 aromatic rings. The number of anilines is 1. The smallest absolute Gasteiger partial charge is 0.305 e. The highest BCUT2D eigenvalue weighted by atomic mass is 16.2. The SMILES string of the molecule is O=C(Nc1cnc2ccccc2c1)NN1CCCC1. The second-order valence-electron chi connectivity index (χ2n) is 4.68. The highest BCUT2D eigenvalue weighted by molar-refractivity contribution is 5.91. The highest BCUT2D eigenvalue weighted by Gasteiger charge is 2.13. The second-order valence-corrected chi connectivity index (χ2v) is 4.68. The number of urea groups is 1. The Morgan fingerprint density at radius 2 is 2.00 bits per heavy atom. The minimum absolute atomic E-state index is 0.209. The van der Waals surface area contributed by atoms with Gasteiger partial charge in [-0.1, -0.05) is 18.2 Å². The van der Waals surface area contributed by atoms with E-state index in [9.17, 15) is 4.79 Å². The number of carbonyl (C=O) groups is 1. The monoisotopic (exact) mass is 256 g/mol. The fourth-order valence-electron chi connectivity index (χ4n) is 2.27. The Morgan fingerprint density at radius 1 is 1.21 bits per heavy atom. The Morgan fingerprint density at radius 3 is 2.84 bits per heavy atom. The van der Waals surface area contributed by atoms with Gasteiger partial charge in [0, 0.05) is 18.5 Å². The lowest BCUT2D eigenvalue weighted by atomic mass is 10.2. The number of rotatable bonds is 2. The third-order valence-corrected chi connectivity index (χ3v) is 3.21. The predicted molar refractivity (Wildman–Crippen MR) is 74.7 cm³/mol. The summed E-state index contributed by atoms with van der Waals surface area (Å²) < 4.78 is 0. The van der Waals surface area contributed by atoms with Crippen molar-refractivity contribution < 1.29 is 4.79 Å². The average Bonchev–Trinajstić information content (AvgIpc) is 2.91. The van der Waals surface area contributed by atoms with Crippen LogP contribution in [0.15, 0.2) is 36.5 Å². The Balaban J connectivity index is 1.68. The lowest BCUT2D eigenvalue weighted by Gasteiger charge is -2.16. The van der Waals surface area contributed by atoms with Crippen molar-refractivity contribution in [2.24, 2.45) is 0 Å². The molecule has 0 aliphatic carbocycles. The van der Waals surface area contributed by atoms with Gasteiger partial charge in [-0.15, -0.1) is 0 Å². The molecule has 2 heterocycles. The van der Waals surface area contributed by atoms with Crippen molar-refractivity contribution in [1.29, 1.82) is 0 Å². The van der Waals surface area contributed by atoms with Crippen molar-refractivity contribution in [3.63, 3.8) is 0 Å². The molecular formula is C14H16N4O. The summed E-state index contributed by atoms with van der Waals surface area (Å²) in [4.78, 5) is 16.1. The van der Waals surface area contributed by atoms with Crippen molar-refractivity contribution in [2.75, 3.05) is 18.4 Å². The molecule has 1 aliphatic heterocycles. The predicted octanol–water partition coefficient (Wildman–Crippen LogP) is 2.37. The summed E-state index contributed by atoms with van der Waals surface area (Å²) in [7, 11) is 0. The first-order valence-corrected chi connectivity index (χ1v) is 6.49. The number of hydrazine groups is 1. The van der Waals surface area contributed by atoms with Gasteiger partial charge in [0.15, 0.2) is 0 Å². The molecule has 1 saturated heterocycles. The number of nitrogens with zero attached hydrogens (tertiary/aromatic N) is 2. The molecule has 0 radical (unpaired) electrons. The summed E-state index contributed by atoms with van der Waals surface area (Å²) in [6.07, 6.45) is 3.95. The van der Waals surface area contributed by atoms with Crippen molar-refractivity contribution in [3.8, 4) is 0 Å². The maximum absolute atomic E-state index is 11.8. The van der Waals surface area contributed by atoms with Crippen LogP contribution in [-0.4, -0.2) is 29.1 Å². The number of benzene rings is 1. The van der Waals surface area contributed by atoms with Gasteiger partial charge in [-0.2, -0.15) is 0 Å². The van der Waals surface area contributed by atoms with Gasteiger partial charge in [-0.25, -0.2) is 9.80 Å². The van der Waals surface area contributed by atoms with Crippen LogP contribution < -0.4 is 10.7 Å². The van der Waals surface area contributed by atoms with Crippen molar-refractivity contribution in [3.05, 3.63) is 36.5 Å². The molecule has 1 fully saturated rings. The van der Waals surface area contributed by atoms with Crippen molar-refractivity contribution in [2.45, 2.75) is 12.8 Å². The summed E-state index contributed by atoms with van der Waals surface area (Å²) in [6, 6.07) is 9.54. The third-order valence-electron chi connectivity index (χ3n) is 3.21. The Bertz CT molecular complexity index is 593. The van der Waals surface area contributed by atoms with E-state index < -0.39 is 0 Å². The highest BCUT2D eigenvalue weighted by Crippen LogP contribution is 2.15. The molecule has 1 aromatic heterocycles. The molecule has 2 amide bonds. The molecule has 0 spiro atoms. The average molecular weight is 256 g/mol. The molecule has 0 bridgehead atoms. The maximum atomic E-state index is 11.8. The number of fused-ring (bicyclic) bond motifs is 1. The zero-order valence-corrected chi connectivity index (χ0v) is 10.6. The summed E-state index contributed by atoms with van der Waals surface area (Å²) >= 11 is 0. The van der Waals surface area contributed by atoms with Crippen LogP contribution in [0.3, 0.4) is 0 Å². The van der Waals surface area contributed by atoms with Crippen LogP contribution >= 0.6 is 0 Å². The van der Waals surface area contributed by atoms with Gasteiger partial charge in [0.25, 0.3) is 0 Å². The maximum Gasteiger partial charge on any atom is 0.333 e. The zero-order valence-electron chi connectivity index (χ0n) is 10.6. The number of hydrogen-bond donors (Lipinski definition) is 2. The second kappa shape index (κ2) is 5.24. The largest absolute Gasteiger partial charge is 0.333 e. The van der Waals surface area contributed by atoms with Crippen molar-refractivity contribution >= 4 is 22.6 Å². The van der Waals surface area contributed by atoms with Gasteiger partial charge in [-0.3, -0.25) is 10.4 Å². The Labute approximate surface area is 111 Å². The molecule has 0 atom stereocenters. The first-order chi connectivity index (χ1) is 9.31. The minimum atomic E-state index is -0.209. The fraction of sp³-hybridized carbons (Fsp3) is 0.286. The van der Waals surface area contributed by atoms with Gasteiger partial charge in [0.2, 0.25) is 0 Å². The van der Waals surface area contributed by atoms with Crippen LogP contribution in [0.5, 0.6) is 0 Å². The van der Waals surface area contributed by atoms with E-state index >= 15 is 0 Å². The van der Waals surface area contributed by atoms with E-state index in [2.05, 4.69) is 15.7 Å². The van der Waals surface area contributed by atoms with Crippen LogP contribution in [0.25, 0.3) is 10.9 Å². The number of hydrogen-bond acceptors (Lipinski definition) is 3. The first-order valence-electron chi connectivity index (χ1n) is 6.49. The zero-order chi connectivity index (χ0) is 13.1. The number of aromatic nitrogens is 1. The summed E-state index contributed by atoms with van der Waals surface area (Å²) in [6.45, 7) is 1.84. The van der Waals surface area contributed by atoms with E-state index in [0.29, 0.717) is 5.69 Å². The molecule has 0 saturated carbocycles. The van der Waals surface area contributed by atoms with Gasteiger partial charge < -0.3 is 5.32 Å². The molecule has 0 unspecified atom stereocenters. The van der Waals surface area contributed by atoms with E-state index in [1.54, 1.807) is 6.20 Å². The molecule has 5 heteroatoms. The molecule has 1 aliphatic rings. The molecule has 5 nitrogen and oxygen atoms in total. The van der Waals surface area contributed by atoms with E-state index in [4.69, 9.17) is 0 Å². The summed E-state index contributed by atoms with van der Waals surface area (Å²) in [5.41, 5.74) is 4.46. The number of nitrogens with one attached hydrogen (secondary N) is 2. The Kier molecular flexibility index (Phi) is 3.29. The lowest BCUT2D eigenvalue weighted by molar-refractivity contribution is 0.209. The van der Waals surface area contributed by atoms with E-state index in [1.165, 1.54) is 0 Å². The van der Waals surface area contributed by atoms with Gasteiger partial charge in [-0.05, 0) is 25.0 Å². The molecule has 3 rings (SSSR count). The normalized spacial score (nSPS) is 15.6. The minimum Gasteiger partial charge on any atom is -0.305 e. The fourth-order valence-corrected chi connectivity index (χ4v) is 2.27. The molecule has 2 N–H and O–H groups in total. The molecule has 1 aromatic carbocycles. The number of carbonyl (C=O) groups excluding carboxylic acids is 1. The molecule has 19 heavy (non-hydrogen) atoms. The van der Waals surface area contributed by atoms with Gasteiger partial charge in [0.05, 0.1) is 17.4 Å². The van der Waals surface area contributed by atoms with Crippen LogP contribution in [0.2, 0.25) is 0 Å². The molecular weight excluding hydrogens is 240 g/mol. The van der Waals surface area contributed by atoms with Gasteiger partial charge >= 0.3 is 6.03 Å². The molecule has 98 valence electrons.